The van der Waals surface area contributed by atoms with Crippen LogP contribution in [0.5, 0.6) is 23.0 Å². The largest absolute Gasteiger partial charge is 0.508 e. The Kier molecular flexibility index (Phi) is 4.33. The van der Waals surface area contributed by atoms with Crippen LogP contribution in [0.1, 0.15) is 63.8 Å². The van der Waals surface area contributed by atoms with Gasteiger partial charge in [0, 0.05) is 18.1 Å². The smallest absolute Gasteiger partial charge is 0.231 e. The molecule has 0 spiro atoms. The van der Waals surface area contributed by atoms with Gasteiger partial charge in [-0.05, 0) is 33.6 Å². The number of hydrogen-bond acceptors (Lipinski definition) is 4. The quantitative estimate of drug-likeness (QED) is 0.794. The van der Waals surface area contributed by atoms with Crippen molar-refractivity contribution in [2.75, 3.05) is 6.79 Å². The molecular formula is C22H28O4. The summed E-state index contributed by atoms with van der Waals surface area (Å²) >= 11 is 0. The third-order valence-electron chi connectivity index (χ3n) is 4.75. The van der Waals surface area contributed by atoms with Crippen LogP contribution in [0, 0.1) is 0 Å². The van der Waals surface area contributed by atoms with Crippen LogP contribution in [0.3, 0.4) is 0 Å². The van der Waals surface area contributed by atoms with Crippen LogP contribution < -0.4 is 9.47 Å². The van der Waals surface area contributed by atoms with Gasteiger partial charge in [0.25, 0.3) is 0 Å². The van der Waals surface area contributed by atoms with E-state index in [1.165, 1.54) is 0 Å². The highest BCUT2D eigenvalue weighted by molar-refractivity contribution is 5.55. The fraction of sp³-hybridized carbons (Fsp3) is 0.455. The molecule has 0 radical (unpaired) electrons. The molecule has 0 bridgehead atoms. The first-order chi connectivity index (χ1) is 12.0. The number of rotatable bonds is 2. The van der Waals surface area contributed by atoms with Gasteiger partial charge in [-0.3, -0.25) is 0 Å². The summed E-state index contributed by atoms with van der Waals surface area (Å²) in [5.74, 6) is 1.78. The van der Waals surface area contributed by atoms with Crippen LogP contribution in [0.2, 0.25) is 0 Å². The van der Waals surface area contributed by atoms with E-state index in [4.69, 9.17) is 9.47 Å². The Morgan fingerprint density at radius 3 is 1.81 bits per heavy atom. The van der Waals surface area contributed by atoms with Gasteiger partial charge in [0.2, 0.25) is 6.79 Å². The van der Waals surface area contributed by atoms with E-state index in [0.29, 0.717) is 23.7 Å². The monoisotopic (exact) mass is 356 g/mol. The van der Waals surface area contributed by atoms with Crippen molar-refractivity contribution in [1.82, 2.24) is 0 Å². The van der Waals surface area contributed by atoms with Crippen molar-refractivity contribution in [3.05, 3.63) is 46.5 Å². The standard InChI is InChI=1S/C22H28O4/c1-21(2,3)15-8-13(9-16(20(15)24)22(4,5)6)7-14-10-18-19(11-17(14)23)26-12-25-18/h8-11,23-24H,7,12H2,1-6H3. The second-order valence-corrected chi connectivity index (χ2v) is 9.05. The van der Waals surface area contributed by atoms with Crippen molar-refractivity contribution >= 4 is 0 Å². The zero-order valence-corrected chi connectivity index (χ0v) is 16.4. The maximum absolute atomic E-state index is 10.8. The van der Waals surface area contributed by atoms with Gasteiger partial charge in [-0.1, -0.05) is 53.7 Å². The Labute approximate surface area is 155 Å². The van der Waals surface area contributed by atoms with Crippen LogP contribution in [-0.4, -0.2) is 17.0 Å². The number of fused-ring (bicyclic) bond motifs is 1. The SMILES string of the molecule is CC(C)(C)c1cc(Cc2cc3c(cc2O)OCO3)cc(C(C)(C)C)c1O. The first-order valence-corrected chi connectivity index (χ1v) is 8.95. The molecule has 26 heavy (non-hydrogen) atoms. The summed E-state index contributed by atoms with van der Waals surface area (Å²) < 4.78 is 10.7. The van der Waals surface area contributed by atoms with Crippen LogP contribution in [-0.2, 0) is 17.3 Å². The van der Waals surface area contributed by atoms with Crippen LogP contribution in [0.4, 0.5) is 0 Å². The summed E-state index contributed by atoms with van der Waals surface area (Å²) in [6.45, 7) is 12.7. The third-order valence-corrected chi connectivity index (χ3v) is 4.75. The molecule has 0 aromatic heterocycles. The molecule has 0 unspecified atom stereocenters. The molecule has 2 aromatic rings. The normalized spacial score (nSPS) is 13.9. The molecule has 0 fully saturated rings. The Morgan fingerprint density at radius 2 is 1.31 bits per heavy atom. The van der Waals surface area contributed by atoms with Gasteiger partial charge in [0.15, 0.2) is 11.5 Å². The highest BCUT2D eigenvalue weighted by atomic mass is 16.7. The molecular weight excluding hydrogens is 328 g/mol. The molecule has 4 heteroatoms. The van der Waals surface area contributed by atoms with Gasteiger partial charge in [-0.2, -0.15) is 0 Å². The molecule has 3 rings (SSSR count). The molecule has 0 saturated heterocycles. The zero-order valence-electron chi connectivity index (χ0n) is 16.4. The Morgan fingerprint density at radius 1 is 0.808 bits per heavy atom. The van der Waals surface area contributed by atoms with Gasteiger partial charge >= 0.3 is 0 Å². The van der Waals surface area contributed by atoms with Gasteiger partial charge in [0.1, 0.15) is 11.5 Å². The second kappa shape index (κ2) is 6.11. The van der Waals surface area contributed by atoms with Gasteiger partial charge in [0.05, 0.1) is 0 Å². The maximum Gasteiger partial charge on any atom is 0.231 e. The van der Waals surface area contributed by atoms with E-state index in [1.807, 2.05) is 18.2 Å². The highest BCUT2D eigenvalue weighted by Gasteiger charge is 2.27. The number of phenols is 2. The number of ether oxygens (including phenoxy) is 2. The molecule has 4 nitrogen and oxygen atoms in total. The van der Waals surface area contributed by atoms with Crippen molar-refractivity contribution in [2.45, 2.75) is 58.8 Å². The van der Waals surface area contributed by atoms with E-state index in [2.05, 4.69) is 41.5 Å². The Hall–Kier alpha value is -2.36. The van der Waals surface area contributed by atoms with Crippen molar-refractivity contribution in [1.29, 1.82) is 0 Å². The minimum absolute atomic E-state index is 0.180. The van der Waals surface area contributed by atoms with E-state index >= 15 is 0 Å². The van der Waals surface area contributed by atoms with E-state index in [1.54, 1.807) is 6.07 Å². The lowest BCUT2D eigenvalue weighted by Crippen LogP contribution is -2.18. The van der Waals surface area contributed by atoms with Crippen molar-refractivity contribution in [2.24, 2.45) is 0 Å². The number of aromatic hydroxyl groups is 2. The summed E-state index contributed by atoms with van der Waals surface area (Å²) in [5.41, 5.74) is 3.29. The van der Waals surface area contributed by atoms with E-state index in [0.717, 1.165) is 22.3 Å². The van der Waals surface area contributed by atoms with Crippen LogP contribution in [0.25, 0.3) is 0 Å². The summed E-state index contributed by atoms with van der Waals surface area (Å²) in [6, 6.07) is 7.51. The van der Waals surface area contributed by atoms with E-state index < -0.39 is 0 Å². The third kappa shape index (κ3) is 3.46. The molecule has 0 aliphatic carbocycles. The van der Waals surface area contributed by atoms with Crippen molar-refractivity contribution in [3.8, 4) is 23.0 Å². The van der Waals surface area contributed by atoms with E-state index in [-0.39, 0.29) is 23.4 Å². The van der Waals surface area contributed by atoms with Crippen molar-refractivity contribution < 1.29 is 19.7 Å². The fourth-order valence-corrected chi connectivity index (χ4v) is 3.27. The molecule has 0 atom stereocenters. The van der Waals surface area contributed by atoms with Crippen LogP contribution in [0.15, 0.2) is 24.3 Å². The average Bonchev–Trinajstić information content (AvgIpc) is 2.93. The summed E-state index contributed by atoms with van der Waals surface area (Å²) in [5, 5.41) is 21.2. The lowest BCUT2D eigenvalue weighted by Gasteiger charge is -2.28. The fourth-order valence-electron chi connectivity index (χ4n) is 3.27. The lowest BCUT2D eigenvalue weighted by molar-refractivity contribution is 0.174. The number of hydrogen-bond donors (Lipinski definition) is 2. The summed E-state index contributed by atoms with van der Waals surface area (Å²) in [6.07, 6.45) is 0.551. The molecule has 2 aromatic carbocycles. The zero-order chi connectivity index (χ0) is 19.3. The number of phenolic OH excluding ortho intramolecular Hbond substituents is 2. The molecule has 1 aliphatic rings. The minimum atomic E-state index is -0.184. The maximum atomic E-state index is 10.8. The first-order valence-electron chi connectivity index (χ1n) is 8.95. The molecule has 0 amide bonds. The Bertz CT molecular complexity index is 803. The average molecular weight is 356 g/mol. The molecule has 1 heterocycles. The van der Waals surface area contributed by atoms with Gasteiger partial charge in [-0.15, -0.1) is 0 Å². The highest BCUT2D eigenvalue weighted by Crippen LogP contribution is 2.42. The Balaban J connectivity index is 2.08. The first kappa shape index (κ1) is 18.4. The molecule has 140 valence electrons. The summed E-state index contributed by atoms with van der Waals surface area (Å²) in [7, 11) is 0. The molecule has 1 aliphatic heterocycles. The van der Waals surface area contributed by atoms with Gasteiger partial charge in [-0.25, -0.2) is 0 Å². The summed E-state index contributed by atoms with van der Waals surface area (Å²) in [4.78, 5) is 0. The second-order valence-electron chi connectivity index (χ2n) is 9.05. The molecule has 0 saturated carbocycles. The van der Waals surface area contributed by atoms with Crippen LogP contribution >= 0.6 is 0 Å². The predicted molar refractivity (Wildman–Crippen MR) is 103 cm³/mol. The molecule has 2 N–H and O–H groups in total. The predicted octanol–water partition coefficient (Wildman–Crippen LogP) is 5.01. The van der Waals surface area contributed by atoms with Crippen molar-refractivity contribution in [3.63, 3.8) is 0 Å². The van der Waals surface area contributed by atoms with E-state index in [9.17, 15) is 10.2 Å². The topological polar surface area (TPSA) is 58.9 Å². The van der Waals surface area contributed by atoms with Gasteiger partial charge < -0.3 is 19.7 Å². The number of benzene rings is 2. The minimum Gasteiger partial charge on any atom is -0.508 e. The lowest BCUT2D eigenvalue weighted by atomic mass is 9.78.